The third-order valence-corrected chi connectivity index (χ3v) is 4.76. The van der Waals surface area contributed by atoms with E-state index < -0.39 is 5.60 Å². The Morgan fingerprint density at radius 3 is 2.20 bits per heavy atom. The van der Waals surface area contributed by atoms with Gasteiger partial charge in [-0.15, -0.1) is 12.3 Å². The van der Waals surface area contributed by atoms with E-state index in [9.17, 15) is 4.79 Å². The van der Waals surface area contributed by atoms with Gasteiger partial charge in [0.2, 0.25) is 0 Å². The number of nitrogens with zero attached hydrogens (tertiary/aromatic N) is 1. The number of carbonyl (C=O) groups excluding carboxylic acids is 1. The predicted octanol–water partition coefficient (Wildman–Crippen LogP) is 3.83. The second-order valence-electron chi connectivity index (χ2n) is 7.41. The molecule has 20 heavy (non-hydrogen) atoms. The average molecular weight is 277 g/mol. The summed E-state index contributed by atoms with van der Waals surface area (Å²) >= 11 is 0. The van der Waals surface area contributed by atoms with Crippen LogP contribution in [-0.2, 0) is 4.74 Å². The normalized spacial score (nSPS) is 23.4. The van der Waals surface area contributed by atoms with Crippen molar-refractivity contribution in [2.24, 2.45) is 11.3 Å². The number of amides is 1. The third kappa shape index (κ3) is 3.69. The van der Waals surface area contributed by atoms with Crippen LogP contribution >= 0.6 is 0 Å². The summed E-state index contributed by atoms with van der Waals surface area (Å²) in [5.41, 5.74) is 0.0307. The van der Waals surface area contributed by atoms with Gasteiger partial charge < -0.3 is 9.64 Å². The molecule has 0 radical (unpaired) electrons. The maximum absolute atomic E-state index is 12.1. The van der Waals surface area contributed by atoms with Crippen molar-refractivity contribution in [3.05, 3.63) is 0 Å². The molecule has 1 aliphatic heterocycles. The Balaban J connectivity index is 1.84. The van der Waals surface area contributed by atoms with Gasteiger partial charge >= 0.3 is 6.09 Å². The zero-order chi connectivity index (χ0) is 14.8. The molecule has 1 aliphatic carbocycles. The van der Waals surface area contributed by atoms with Gasteiger partial charge in [0, 0.05) is 19.0 Å². The van der Waals surface area contributed by atoms with Crippen molar-refractivity contribution < 1.29 is 9.53 Å². The molecule has 0 unspecified atom stereocenters. The Morgan fingerprint density at radius 1 is 1.20 bits per heavy atom. The Kier molecular flexibility index (Phi) is 4.32. The van der Waals surface area contributed by atoms with E-state index in [4.69, 9.17) is 11.2 Å². The summed E-state index contributed by atoms with van der Waals surface area (Å²) in [5.74, 6) is 3.37. The van der Waals surface area contributed by atoms with Gasteiger partial charge in [0.25, 0.3) is 0 Å². The zero-order valence-electron chi connectivity index (χ0n) is 13.1. The fraction of sp³-hybridized carbons (Fsp3) is 0.824. The summed E-state index contributed by atoms with van der Waals surface area (Å²) < 4.78 is 5.45. The van der Waals surface area contributed by atoms with E-state index in [1.54, 1.807) is 0 Å². The molecule has 1 amide bonds. The first-order valence-corrected chi connectivity index (χ1v) is 7.78. The fourth-order valence-corrected chi connectivity index (χ4v) is 3.39. The quantitative estimate of drug-likeness (QED) is 0.630. The van der Waals surface area contributed by atoms with Crippen molar-refractivity contribution in [3.63, 3.8) is 0 Å². The molecule has 0 N–H and O–H groups in total. The summed E-state index contributed by atoms with van der Waals surface area (Å²) in [6.07, 6.45) is 12.3. The number of carbonyl (C=O) groups is 1. The summed E-state index contributed by atoms with van der Waals surface area (Å²) in [7, 11) is 0. The predicted molar refractivity (Wildman–Crippen MR) is 80.3 cm³/mol. The molecule has 0 bridgehead atoms. The molecule has 2 aliphatic rings. The van der Waals surface area contributed by atoms with Crippen molar-refractivity contribution in [2.75, 3.05) is 13.1 Å². The molecule has 1 spiro atoms. The van der Waals surface area contributed by atoms with E-state index in [0.717, 1.165) is 38.8 Å². The monoisotopic (exact) mass is 277 g/mol. The van der Waals surface area contributed by atoms with E-state index in [1.165, 1.54) is 12.8 Å². The average Bonchev–Trinajstić information content (AvgIpc) is 2.38. The molecule has 0 aromatic heterocycles. The Hall–Kier alpha value is -1.17. The van der Waals surface area contributed by atoms with Crippen LogP contribution in [0.15, 0.2) is 0 Å². The number of ether oxygens (including phenoxy) is 1. The van der Waals surface area contributed by atoms with E-state index in [0.29, 0.717) is 11.3 Å². The number of hydrogen-bond acceptors (Lipinski definition) is 2. The minimum Gasteiger partial charge on any atom is -0.444 e. The van der Waals surface area contributed by atoms with Gasteiger partial charge in [-0.25, -0.2) is 4.79 Å². The topological polar surface area (TPSA) is 29.5 Å². The van der Waals surface area contributed by atoms with Crippen LogP contribution in [0.4, 0.5) is 4.79 Å². The number of likely N-dealkylation sites (tertiary alicyclic amines) is 1. The first-order chi connectivity index (χ1) is 9.34. The van der Waals surface area contributed by atoms with Crippen molar-refractivity contribution in [1.82, 2.24) is 4.90 Å². The lowest BCUT2D eigenvalue weighted by atomic mass is 9.65. The highest BCUT2D eigenvalue weighted by Crippen LogP contribution is 2.46. The molecule has 0 atom stereocenters. The number of piperidine rings is 1. The summed E-state index contributed by atoms with van der Waals surface area (Å²) in [6.45, 7) is 7.40. The zero-order valence-corrected chi connectivity index (χ0v) is 13.1. The van der Waals surface area contributed by atoms with Gasteiger partial charge in [0.05, 0.1) is 0 Å². The smallest absolute Gasteiger partial charge is 0.410 e. The lowest BCUT2D eigenvalue weighted by Gasteiger charge is -2.45. The van der Waals surface area contributed by atoms with Gasteiger partial charge in [-0.1, -0.05) is 0 Å². The van der Waals surface area contributed by atoms with E-state index in [2.05, 4.69) is 5.92 Å². The second kappa shape index (κ2) is 5.68. The Morgan fingerprint density at radius 2 is 1.75 bits per heavy atom. The molecular formula is C17H27NO2. The van der Waals surface area contributed by atoms with Crippen LogP contribution in [0.25, 0.3) is 0 Å². The maximum atomic E-state index is 12.1. The van der Waals surface area contributed by atoms with E-state index in [-0.39, 0.29) is 6.09 Å². The Labute approximate surface area is 123 Å². The van der Waals surface area contributed by atoms with Crippen molar-refractivity contribution in [2.45, 2.75) is 64.9 Å². The van der Waals surface area contributed by atoms with Crippen LogP contribution < -0.4 is 0 Å². The molecule has 2 rings (SSSR count). The lowest BCUT2D eigenvalue weighted by Crippen LogP contribution is -2.46. The largest absolute Gasteiger partial charge is 0.444 e. The number of rotatable bonds is 0. The van der Waals surface area contributed by atoms with E-state index in [1.807, 2.05) is 25.7 Å². The molecule has 1 heterocycles. The minimum absolute atomic E-state index is 0.162. The number of terminal acetylenes is 1. The first-order valence-electron chi connectivity index (χ1n) is 7.78. The van der Waals surface area contributed by atoms with Gasteiger partial charge in [-0.05, 0) is 64.7 Å². The van der Waals surface area contributed by atoms with Crippen LogP contribution in [0, 0.1) is 23.7 Å². The van der Waals surface area contributed by atoms with Crippen molar-refractivity contribution in [1.29, 1.82) is 0 Å². The van der Waals surface area contributed by atoms with Crippen molar-refractivity contribution >= 4 is 6.09 Å². The summed E-state index contributed by atoms with van der Waals surface area (Å²) in [6, 6.07) is 0. The second-order valence-corrected chi connectivity index (χ2v) is 7.41. The lowest BCUT2D eigenvalue weighted by molar-refractivity contribution is 0.00297. The molecule has 112 valence electrons. The first kappa shape index (κ1) is 15.2. The highest BCUT2D eigenvalue weighted by molar-refractivity contribution is 5.68. The van der Waals surface area contributed by atoms with Gasteiger partial charge in [-0.2, -0.15) is 0 Å². The summed E-state index contributed by atoms with van der Waals surface area (Å²) in [4.78, 5) is 13.9. The van der Waals surface area contributed by atoms with E-state index >= 15 is 0 Å². The fourth-order valence-electron chi connectivity index (χ4n) is 3.39. The molecule has 1 saturated heterocycles. The highest BCUT2D eigenvalue weighted by Gasteiger charge is 2.39. The molecule has 3 nitrogen and oxygen atoms in total. The SMILES string of the molecule is C#CC1CCC2(CC1)CCN(C(=O)OC(C)(C)C)CC2. The minimum atomic E-state index is -0.406. The molecule has 0 aromatic carbocycles. The van der Waals surface area contributed by atoms with Crippen LogP contribution in [0.5, 0.6) is 0 Å². The van der Waals surface area contributed by atoms with Crippen LogP contribution in [0.1, 0.15) is 59.3 Å². The summed E-state index contributed by atoms with van der Waals surface area (Å²) in [5, 5.41) is 0. The van der Waals surface area contributed by atoms with Crippen LogP contribution in [0.3, 0.4) is 0 Å². The van der Waals surface area contributed by atoms with Gasteiger partial charge in [-0.3, -0.25) is 0 Å². The van der Waals surface area contributed by atoms with Crippen LogP contribution in [0.2, 0.25) is 0 Å². The van der Waals surface area contributed by atoms with Gasteiger partial charge in [0.15, 0.2) is 0 Å². The molecule has 3 heteroatoms. The Bertz CT molecular complexity index is 384. The maximum Gasteiger partial charge on any atom is 0.410 e. The van der Waals surface area contributed by atoms with Crippen molar-refractivity contribution in [3.8, 4) is 12.3 Å². The molecule has 1 saturated carbocycles. The van der Waals surface area contributed by atoms with Gasteiger partial charge in [0.1, 0.15) is 5.60 Å². The number of hydrogen-bond donors (Lipinski definition) is 0. The molecular weight excluding hydrogens is 250 g/mol. The van der Waals surface area contributed by atoms with Crippen LogP contribution in [-0.4, -0.2) is 29.7 Å². The molecule has 0 aromatic rings. The third-order valence-electron chi connectivity index (χ3n) is 4.76. The highest BCUT2D eigenvalue weighted by atomic mass is 16.6. The standard InChI is InChI=1S/C17H27NO2/c1-5-14-6-8-17(9-7-14)10-12-18(13-11-17)15(19)20-16(2,3)4/h1,14H,6-13H2,2-4H3. The molecule has 2 fully saturated rings.